The van der Waals surface area contributed by atoms with E-state index in [0.29, 0.717) is 6.42 Å². The van der Waals surface area contributed by atoms with Gasteiger partial charge in [0.1, 0.15) is 0 Å². The van der Waals surface area contributed by atoms with Crippen molar-refractivity contribution in [1.82, 2.24) is 4.57 Å². The maximum Gasteiger partial charge on any atom is 0.164 e. The number of hydrogen-bond donors (Lipinski definition) is 0. The second-order valence-corrected chi connectivity index (χ2v) is 2.99. The Morgan fingerprint density at radius 2 is 2.46 bits per heavy atom. The number of ketones is 1. The summed E-state index contributed by atoms with van der Waals surface area (Å²) in [5.41, 5.74) is 0.812. The van der Waals surface area contributed by atoms with Gasteiger partial charge in [-0.2, -0.15) is 0 Å². The van der Waals surface area contributed by atoms with Crippen LogP contribution >= 0.6 is 0 Å². The molecule has 0 atom stereocenters. The van der Waals surface area contributed by atoms with E-state index in [-0.39, 0.29) is 5.78 Å². The molecule has 0 radical (unpaired) electrons. The Bertz CT molecular complexity index is 299. The summed E-state index contributed by atoms with van der Waals surface area (Å²) in [6.07, 6.45) is 7.23. The normalized spacial score (nSPS) is 9.92. The Labute approximate surface area is 78.9 Å². The van der Waals surface area contributed by atoms with Crippen LogP contribution in [-0.2, 0) is 6.54 Å². The van der Waals surface area contributed by atoms with Crippen LogP contribution in [0.4, 0.5) is 0 Å². The molecule has 0 aliphatic heterocycles. The average molecular weight is 177 g/mol. The molecular weight excluding hydrogens is 162 g/mol. The minimum absolute atomic E-state index is 0.206. The van der Waals surface area contributed by atoms with Crippen LogP contribution in [0.2, 0.25) is 0 Å². The predicted octanol–water partition coefficient (Wildman–Crippen LogP) is 2.66. The molecule has 0 fully saturated rings. The second-order valence-electron chi connectivity index (χ2n) is 2.99. The van der Waals surface area contributed by atoms with Gasteiger partial charge in [0.05, 0.1) is 0 Å². The Morgan fingerprint density at radius 3 is 3.08 bits per heavy atom. The van der Waals surface area contributed by atoms with Gasteiger partial charge in [0.25, 0.3) is 0 Å². The smallest absolute Gasteiger partial charge is 0.164 e. The van der Waals surface area contributed by atoms with Crippen molar-refractivity contribution in [2.75, 3.05) is 0 Å². The van der Waals surface area contributed by atoms with Crippen LogP contribution in [0.3, 0.4) is 0 Å². The third kappa shape index (κ3) is 2.58. The molecule has 0 unspecified atom stereocenters. The van der Waals surface area contributed by atoms with Gasteiger partial charge in [-0.05, 0) is 12.5 Å². The minimum Gasteiger partial charge on any atom is -0.353 e. The molecule has 0 aliphatic rings. The zero-order chi connectivity index (χ0) is 9.68. The van der Waals surface area contributed by atoms with Crippen molar-refractivity contribution >= 4 is 5.78 Å². The van der Waals surface area contributed by atoms with Crippen LogP contribution in [0.5, 0.6) is 0 Å². The number of carbonyl (C=O) groups excluding carboxylic acids is 1. The molecule has 0 N–H and O–H groups in total. The molecule has 0 aliphatic carbocycles. The van der Waals surface area contributed by atoms with Crippen LogP contribution in [0.15, 0.2) is 31.1 Å². The number of aromatic nitrogens is 1. The van der Waals surface area contributed by atoms with Gasteiger partial charge < -0.3 is 4.57 Å². The summed E-state index contributed by atoms with van der Waals surface area (Å²) in [7, 11) is 0. The van der Waals surface area contributed by atoms with E-state index in [1.165, 1.54) is 0 Å². The van der Waals surface area contributed by atoms with Crippen LogP contribution in [0.1, 0.15) is 30.1 Å². The van der Waals surface area contributed by atoms with Crippen LogP contribution in [0, 0.1) is 0 Å². The van der Waals surface area contributed by atoms with Crippen LogP contribution in [0.25, 0.3) is 0 Å². The zero-order valence-electron chi connectivity index (χ0n) is 7.99. The number of nitrogens with zero attached hydrogens (tertiary/aromatic N) is 1. The first-order valence-corrected chi connectivity index (χ1v) is 4.57. The van der Waals surface area contributed by atoms with Crippen LogP contribution < -0.4 is 0 Å². The van der Waals surface area contributed by atoms with Crippen molar-refractivity contribution in [2.45, 2.75) is 26.3 Å². The number of rotatable bonds is 5. The van der Waals surface area contributed by atoms with Crippen molar-refractivity contribution in [3.05, 3.63) is 36.7 Å². The van der Waals surface area contributed by atoms with E-state index in [4.69, 9.17) is 0 Å². The molecule has 0 saturated heterocycles. The van der Waals surface area contributed by atoms with E-state index in [1.807, 2.05) is 36.0 Å². The highest BCUT2D eigenvalue weighted by molar-refractivity contribution is 5.95. The average Bonchev–Trinajstić information content (AvgIpc) is 2.62. The lowest BCUT2D eigenvalue weighted by Gasteiger charge is -1.97. The lowest BCUT2D eigenvalue weighted by Crippen LogP contribution is -1.96. The zero-order valence-corrected chi connectivity index (χ0v) is 7.99. The Hall–Kier alpha value is -1.31. The molecule has 1 aromatic heterocycles. The fourth-order valence-corrected chi connectivity index (χ4v) is 1.19. The largest absolute Gasteiger partial charge is 0.353 e. The summed E-state index contributed by atoms with van der Waals surface area (Å²) in [5.74, 6) is 0.206. The SMILES string of the molecule is C=CCCn1ccc(C(=O)CC)c1. The highest BCUT2D eigenvalue weighted by Crippen LogP contribution is 2.05. The van der Waals surface area contributed by atoms with Gasteiger partial charge in [0, 0.05) is 30.9 Å². The first-order chi connectivity index (χ1) is 6.27. The Morgan fingerprint density at radius 1 is 1.69 bits per heavy atom. The number of Topliss-reactive ketones (excluding diaryl/α,β-unsaturated/α-hetero) is 1. The summed E-state index contributed by atoms with van der Waals surface area (Å²) in [4.78, 5) is 11.3. The maximum atomic E-state index is 11.3. The first-order valence-electron chi connectivity index (χ1n) is 4.57. The molecule has 13 heavy (non-hydrogen) atoms. The minimum atomic E-state index is 0.206. The molecule has 70 valence electrons. The van der Waals surface area contributed by atoms with E-state index in [1.54, 1.807) is 0 Å². The molecule has 1 heterocycles. The van der Waals surface area contributed by atoms with Gasteiger partial charge in [-0.15, -0.1) is 6.58 Å². The van der Waals surface area contributed by atoms with Crippen molar-refractivity contribution in [3.63, 3.8) is 0 Å². The molecule has 0 aromatic carbocycles. The van der Waals surface area contributed by atoms with E-state index < -0.39 is 0 Å². The molecule has 0 saturated carbocycles. The van der Waals surface area contributed by atoms with E-state index >= 15 is 0 Å². The lowest BCUT2D eigenvalue weighted by atomic mass is 10.2. The van der Waals surface area contributed by atoms with Gasteiger partial charge in [-0.3, -0.25) is 4.79 Å². The van der Waals surface area contributed by atoms with Crippen LogP contribution in [-0.4, -0.2) is 10.4 Å². The fraction of sp³-hybridized carbons (Fsp3) is 0.364. The molecule has 2 nitrogen and oxygen atoms in total. The summed E-state index contributed by atoms with van der Waals surface area (Å²) >= 11 is 0. The van der Waals surface area contributed by atoms with Crippen molar-refractivity contribution in [1.29, 1.82) is 0 Å². The fourth-order valence-electron chi connectivity index (χ4n) is 1.19. The van der Waals surface area contributed by atoms with Gasteiger partial charge >= 0.3 is 0 Å². The van der Waals surface area contributed by atoms with Gasteiger partial charge in [0.2, 0.25) is 0 Å². The maximum absolute atomic E-state index is 11.3. The third-order valence-electron chi connectivity index (χ3n) is 1.98. The predicted molar refractivity (Wildman–Crippen MR) is 53.9 cm³/mol. The van der Waals surface area contributed by atoms with E-state index in [2.05, 4.69) is 6.58 Å². The van der Waals surface area contributed by atoms with Crippen molar-refractivity contribution < 1.29 is 4.79 Å². The Balaban J connectivity index is 2.63. The molecule has 1 rings (SSSR count). The molecule has 1 aromatic rings. The Kier molecular flexibility index (Phi) is 3.50. The van der Waals surface area contributed by atoms with Crippen molar-refractivity contribution in [2.24, 2.45) is 0 Å². The number of carbonyl (C=O) groups is 1. The molecule has 2 heteroatoms. The highest BCUT2D eigenvalue weighted by Gasteiger charge is 2.03. The highest BCUT2D eigenvalue weighted by atomic mass is 16.1. The lowest BCUT2D eigenvalue weighted by molar-refractivity contribution is 0.0988. The molecule has 0 amide bonds. The van der Waals surface area contributed by atoms with E-state index in [9.17, 15) is 4.79 Å². The summed E-state index contributed by atoms with van der Waals surface area (Å²) in [6.45, 7) is 6.44. The number of hydrogen-bond acceptors (Lipinski definition) is 1. The number of aryl methyl sites for hydroxylation is 1. The standard InChI is InChI=1S/C11H15NO/c1-3-5-7-12-8-6-10(9-12)11(13)4-2/h3,6,8-9H,1,4-5,7H2,2H3. The first kappa shape index (κ1) is 9.78. The molecule has 0 spiro atoms. The van der Waals surface area contributed by atoms with E-state index in [0.717, 1.165) is 18.5 Å². The summed E-state index contributed by atoms with van der Waals surface area (Å²) in [6, 6.07) is 1.87. The van der Waals surface area contributed by atoms with Crippen molar-refractivity contribution in [3.8, 4) is 0 Å². The monoisotopic (exact) mass is 177 g/mol. The van der Waals surface area contributed by atoms with Gasteiger partial charge in [-0.25, -0.2) is 0 Å². The van der Waals surface area contributed by atoms with Gasteiger partial charge in [0.15, 0.2) is 5.78 Å². The molecular formula is C11H15NO. The second kappa shape index (κ2) is 4.65. The van der Waals surface area contributed by atoms with Gasteiger partial charge in [-0.1, -0.05) is 13.0 Å². The topological polar surface area (TPSA) is 22.0 Å². The summed E-state index contributed by atoms with van der Waals surface area (Å²) in [5, 5.41) is 0. The number of allylic oxidation sites excluding steroid dienone is 1. The third-order valence-corrected chi connectivity index (χ3v) is 1.98. The quantitative estimate of drug-likeness (QED) is 0.500. The molecule has 0 bridgehead atoms. The summed E-state index contributed by atoms with van der Waals surface area (Å²) < 4.78 is 2.02.